The Morgan fingerprint density at radius 1 is 1.04 bits per heavy atom. The molecule has 0 saturated carbocycles. The summed E-state index contributed by atoms with van der Waals surface area (Å²) in [6.07, 6.45) is 1.57. The van der Waals surface area contributed by atoms with Crippen LogP contribution < -0.4 is 15.4 Å². The lowest BCUT2D eigenvalue weighted by Crippen LogP contribution is -2.14. The number of para-hydroxylation sites is 3. The fourth-order valence-corrected chi connectivity index (χ4v) is 2.38. The minimum absolute atomic E-state index is 0.253. The van der Waals surface area contributed by atoms with Gasteiger partial charge in [-0.1, -0.05) is 24.3 Å². The van der Waals surface area contributed by atoms with E-state index in [-0.39, 0.29) is 11.6 Å². The Bertz CT molecular complexity index is 962. The summed E-state index contributed by atoms with van der Waals surface area (Å²) in [7, 11) is 1.60. The maximum absolute atomic E-state index is 12.3. The summed E-state index contributed by atoms with van der Waals surface area (Å²) in [6.45, 7) is 0. The average Bonchev–Trinajstić information content (AvgIpc) is 2.69. The SMILES string of the molecule is COc1ccccc1Nc1ccc(C(=O)Nc2ccccc2C#N)nc1. The highest BCUT2D eigenvalue weighted by Crippen LogP contribution is 2.26. The van der Waals surface area contributed by atoms with Crippen molar-refractivity contribution in [2.24, 2.45) is 0 Å². The van der Waals surface area contributed by atoms with Gasteiger partial charge in [-0.2, -0.15) is 5.26 Å². The van der Waals surface area contributed by atoms with Crippen molar-refractivity contribution in [2.45, 2.75) is 0 Å². The first-order valence-corrected chi connectivity index (χ1v) is 7.88. The maximum Gasteiger partial charge on any atom is 0.274 e. The summed E-state index contributed by atoms with van der Waals surface area (Å²) in [6, 6.07) is 19.7. The fraction of sp³-hybridized carbons (Fsp3) is 0.0500. The van der Waals surface area contributed by atoms with Gasteiger partial charge in [0.25, 0.3) is 5.91 Å². The van der Waals surface area contributed by atoms with Gasteiger partial charge < -0.3 is 15.4 Å². The number of ether oxygens (including phenoxy) is 1. The van der Waals surface area contributed by atoms with Crippen LogP contribution in [0.2, 0.25) is 0 Å². The summed E-state index contributed by atoms with van der Waals surface area (Å²) in [5, 5.41) is 15.0. The molecule has 0 aliphatic rings. The number of hydrogen-bond donors (Lipinski definition) is 2. The molecule has 3 rings (SSSR count). The van der Waals surface area contributed by atoms with Crippen LogP contribution in [0.5, 0.6) is 5.75 Å². The van der Waals surface area contributed by atoms with Gasteiger partial charge in [0.2, 0.25) is 0 Å². The Morgan fingerprint density at radius 3 is 2.46 bits per heavy atom. The Kier molecular flexibility index (Phi) is 5.11. The molecule has 6 heteroatoms. The van der Waals surface area contributed by atoms with Crippen LogP contribution in [-0.4, -0.2) is 18.0 Å². The molecule has 0 fully saturated rings. The zero-order valence-electron chi connectivity index (χ0n) is 14.1. The van der Waals surface area contributed by atoms with Crippen LogP contribution in [0.4, 0.5) is 17.1 Å². The topological polar surface area (TPSA) is 87.0 Å². The van der Waals surface area contributed by atoms with E-state index in [0.717, 1.165) is 11.4 Å². The number of nitriles is 1. The predicted molar refractivity (Wildman–Crippen MR) is 99.6 cm³/mol. The summed E-state index contributed by atoms with van der Waals surface area (Å²) in [5.41, 5.74) is 2.64. The van der Waals surface area contributed by atoms with E-state index in [1.807, 2.05) is 30.3 Å². The molecule has 0 atom stereocenters. The second-order valence-corrected chi connectivity index (χ2v) is 5.37. The average molecular weight is 344 g/mol. The van der Waals surface area contributed by atoms with E-state index < -0.39 is 0 Å². The van der Waals surface area contributed by atoms with Gasteiger partial charge in [-0.05, 0) is 36.4 Å². The number of benzene rings is 2. The second kappa shape index (κ2) is 7.81. The Balaban J connectivity index is 1.73. The molecule has 1 aromatic heterocycles. The van der Waals surface area contributed by atoms with E-state index in [1.54, 1.807) is 49.7 Å². The van der Waals surface area contributed by atoms with Gasteiger partial charge in [0.15, 0.2) is 0 Å². The molecule has 1 heterocycles. The Hall–Kier alpha value is -3.85. The van der Waals surface area contributed by atoms with Crippen molar-refractivity contribution < 1.29 is 9.53 Å². The number of amides is 1. The Labute approximate surface area is 151 Å². The lowest BCUT2D eigenvalue weighted by atomic mass is 10.2. The molecule has 2 aromatic carbocycles. The van der Waals surface area contributed by atoms with E-state index in [0.29, 0.717) is 17.0 Å². The van der Waals surface area contributed by atoms with Gasteiger partial charge in [0.05, 0.1) is 35.9 Å². The van der Waals surface area contributed by atoms with E-state index in [1.165, 1.54) is 0 Å². The number of methoxy groups -OCH3 is 1. The minimum atomic E-state index is -0.378. The van der Waals surface area contributed by atoms with Crippen LogP contribution >= 0.6 is 0 Å². The van der Waals surface area contributed by atoms with Crippen molar-refractivity contribution in [1.29, 1.82) is 5.26 Å². The number of carbonyl (C=O) groups excluding carboxylic acids is 1. The summed E-state index contributed by atoms with van der Waals surface area (Å²) in [4.78, 5) is 16.5. The van der Waals surface area contributed by atoms with E-state index in [4.69, 9.17) is 10.00 Å². The molecular formula is C20H16N4O2. The van der Waals surface area contributed by atoms with Crippen molar-refractivity contribution in [3.8, 4) is 11.8 Å². The molecule has 0 unspecified atom stereocenters. The molecule has 6 nitrogen and oxygen atoms in total. The van der Waals surface area contributed by atoms with Crippen LogP contribution in [0.25, 0.3) is 0 Å². The predicted octanol–water partition coefficient (Wildman–Crippen LogP) is 3.96. The van der Waals surface area contributed by atoms with Crippen molar-refractivity contribution in [3.63, 3.8) is 0 Å². The number of pyridine rings is 1. The molecule has 2 N–H and O–H groups in total. The van der Waals surface area contributed by atoms with Crippen LogP contribution in [0.15, 0.2) is 66.9 Å². The van der Waals surface area contributed by atoms with Gasteiger partial charge >= 0.3 is 0 Å². The van der Waals surface area contributed by atoms with Crippen LogP contribution in [0, 0.1) is 11.3 Å². The monoisotopic (exact) mass is 344 g/mol. The number of carbonyl (C=O) groups is 1. The highest BCUT2D eigenvalue weighted by molar-refractivity contribution is 6.03. The summed E-state index contributed by atoms with van der Waals surface area (Å²) < 4.78 is 5.29. The third-order valence-electron chi connectivity index (χ3n) is 3.68. The molecule has 0 spiro atoms. The largest absolute Gasteiger partial charge is 0.495 e. The smallest absolute Gasteiger partial charge is 0.274 e. The maximum atomic E-state index is 12.3. The lowest BCUT2D eigenvalue weighted by molar-refractivity contribution is 0.102. The third kappa shape index (κ3) is 3.79. The fourth-order valence-electron chi connectivity index (χ4n) is 2.38. The molecule has 3 aromatic rings. The van der Waals surface area contributed by atoms with Gasteiger partial charge in [-0.25, -0.2) is 4.98 Å². The molecule has 26 heavy (non-hydrogen) atoms. The number of nitrogens with zero attached hydrogens (tertiary/aromatic N) is 2. The first-order valence-electron chi connectivity index (χ1n) is 7.88. The van der Waals surface area contributed by atoms with Gasteiger partial charge in [0, 0.05) is 0 Å². The molecule has 0 saturated heterocycles. The highest BCUT2D eigenvalue weighted by atomic mass is 16.5. The molecule has 0 bridgehead atoms. The van der Waals surface area contributed by atoms with Crippen molar-refractivity contribution in [2.75, 3.05) is 17.7 Å². The molecule has 0 aliphatic carbocycles. The lowest BCUT2D eigenvalue weighted by Gasteiger charge is -2.11. The molecular weight excluding hydrogens is 328 g/mol. The first kappa shape index (κ1) is 17.0. The zero-order chi connectivity index (χ0) is 18.4. The van der Waals surface area contributed by atoms with Gasteiger partial charge in [-0.15, -0.1) is 0 Å². The summed E-state index contributed by atoms with van der Waals surface area (Å²) in [5.74, 6) is 0.332. The molecule has 0 aliphatic heterocycles. The minimum Gasteiger partial charge on any atom is -0.495 e. The highest BCUT2D eigenvalue weighted by Gasteiger charge is 2.10. The quantitative estimate of drug-likeness (QED) is 0.731. The van der Waals surface area contributed by atoms with Gasteiger partial charge in [0.1, 0.15) is 17.5 Å². The standard InChI is InChI=1S/C20H16N4O2/c1-26-19-9-5-4-8-17(19)23-15-10-11-18(22-13-15)20(25)24-16-7-3-2-6-14(16)12-21/h2-11,13,23H,1H3,(H,24,25). The molecule has 1 amide bonds. The van der Waals surface area contributed by atoms with Crippen LogP contribution in [0.1, 0.15) is 16.1 Å². The van der Waals surface area contributed by atoms with Crippen molar-refractivity contribution in [1.82, 2.24) is 4.98 Å². The second-order valence-electron chi connectivity index (χ2n) is 5.37. The van der Waals surface area contributed by atoms with Crippen molar-refractivity contribution in [3.05, 3.63) is 78.1 Å². The Morgan fingerprint density at radius 2 is 1.77 bits per heavy atom. The van der Waals surface area contributed by atoms with E-state index in [2.05, 4.69) is 15.6 Å². The number of rotatable bonds is 5. The van der Waals surface area contributed by atoms with Crippen molar-refractivity contribution >= 4 is 23.0 Å². The third-order valence-corrected chi connectivity index (χ3v) is 3.68. The van der Waals surface area contributed by atoms with Gasteiger partial charge in [-0.3, -0.25) is 4.79 Å². The normalized spacial score (nSPS) is 9.85. The first-order chi connectivity index (χ1) is 12.7. The molecule has 0 radical (unpaired) electrons. The summed E-state index contributed by atoms with van der Waals surface area (Å²) >= 11 is 0. The molecule has 128 valence electrons. The van der Waals surface area contributed by atoms with E-state index >= 15 is 0 Å². The van der Waals surface area contributed by atoms with E-state index in [9.17, 15) is 4.79 Å². The zero-order valence-corrected chi connectivity index (χ0v) is 14.1. The number of aromatic nitrogens is 1. The number of nitrogens with one attached hydrogen (secondary N) is 2. The van der Waals surface area contributed by atoms with Crippen LogP contribution in [0.3, 0.4) is 0 Å². The number of anilines is 3. The number of hydrogen-bond acceptors (Lipinski definition) is 5. The van der Waals surface area contributed by atoms with Crippen LogP contribution in [-0.2, 0) is 0 Å².